The standard InChI is InChI=1S/C13H14ClN3O/c1-9-6-10(7-11(14)16-9)12(18)17-13(8-15)4-2-3-5-13/h6-7H,2-5H2,1H3,(H,17,18). The maximum absolute atomic E-state index is 12.1. The van der Waals surface area contributed by atoms with Crippen molar-refractivity contribution < 1.29 is 4.79 Å². The number of rotatable bonds is 2. The highest BCUT2D eigenvalue weighted by Gasteiger charge is 2.35. The molecule has 1 aliphatic rings. The van der Waals surface area contributed by atoms with Gasteiger partial charge in [-0.25, -0.2) is 4.98 Å². The molecule has 1 saturated carbocycles. The molecule has 0 spiro atoms. The van der Waals surface area contributed by atoms with Crippen molar-refractivity contribution in [3.8, 4) is 6.07 Å². The van der Waals surface area contributed by atoms with Gasteiger partial charge in [-0.2, -0.15) is 5.26 Å². The fourth-order valence-corrected chi connectivity index (χ4v) is 2.54. The molecule has 1 aromatic heterocycles. The maximum atomic E-state index is 12.1. The van der Waals surface area contributed by atoms with Crippen molar-refractivity contribution in [2.75, 3.05) is 0 Å². The first-order valence-corrected chi connectivity index (χ1v) is 6.30. The third-order valence-corrected chi connectivity index (χ3v) is 3.40. The van der Waals surface area contributed by atoms with Crippen molar-refractivity contribution in [2.24, 2.45) is 0 Å². The Balaban J connectivity index is 2.19. The highest BCUT2D eigenvalue weighted by Crippen LogP contribution is 2.29. The number of carbonyl (C=O) groups is 1. The fourth-order valence-electron chi connectivity index (χ4n) is 2.29. The monoisotopic (exact) mass is 263 g/mol. The Morgan fingerprint density at radius 3 is 2.72 bits per heavy atom. The van der Waals surface area contributed by atoms with E-state index in [0.29, 0.717) is 24.1 Å². The average molecular weight is 264 g/mol. The van der Waals surface area contributed by atoms with E-state index in [1.807, 2.05) is 0 Å². The van der Waals surface area contributed by atoms with Crippen LogP contribution < -0.4 is 5.32 Å². The summed E-state index contributed by atoms with van der Waals surface area (Å²) >= 11 is 5.82. The first-order chi connectivity index (χ1) is 8.54. The summed E-state index contributed by atoms with van der Waals surface area (Å²) in [6, 6.07) is 5.41. The number of hydrogen-bond acceptors (Lipinski definition) is 3. The summed E-state index contributed by atoms with van der Waals surface area (Å²) in [6.45, 7) is 1.78. The van der Waals surface area contributed by atoms with Crippen LogP contribution in [0.25, 0.3) is 0 Å². The number of pyridine rings is 1. The van der Waals surface area contributed by atoms with Gasteiger partial charge in [0.2, 0.25) is 0 Å². The molecule has 1 amide bonds. The summed E-state index contributed by atoms with van der Waals surface area (Å²) in [6.07, 6.45) is 3.38. The van der Waals surface area contributed by atoms with Crippen LogP contribution in [-0.4, -0.2) is 16.4 Å². The number of carbonyl (C=O) groups excluding carboxylic acids is 1. The van der Waals surface area contributed by atoms with Crippen LogP contribution in [0.2, 0.25) is 5.15 Å². The number of nitriles is 1. The van der Waals surface area contributed by atoms with E-state index in [2.05, 4.69) is 16.4 Å². The number of halogens is 1. The molecule has 0 unspecified atom stereocenters. The predicted molar refractivity (Wildman–Crippen MR) is 68.3 cm³/mol. The van der Waals surface area contributed by atoms with E-state index < -0.39 is 5.54 Å². The second kappa shape index (κ2) is 4.95. The molecule has 0 aromatic carbocycles. The Morgan fingerprint density at radius 2 is 2.17 bits per heavy atom. The summed E-state index contributed by atoms with van der Waals surface area (Å²) in [7, 11) is 0. The Bertz CT molecular complexity index is 495. The van der Waals surface area contributed by atoms with Crippen LogP contribution in [0.1, 0.15) is 41.7 Å². The number of nitrogens with zero attached hydrogens (tertiary/aromatic N) is 2. The lowest BCUT2D eigenvalue weighted by atomic mass is 9.99. The van der Waals surface area contributed by atoms with Crippen molar-refractivity contribution in [3.63, 3.8) is 0 Å². The Hall–Kier alpha value is -1.60. The van der Waals surface area contributed by atoms with Gasteiger partial charge in [0, 0.05) is 11.3 Å². The quantitative estimate of drug-likeness (QED) is 0.834. The topological polar surface area (TPSA) is 65.8 Å². The second-order valence-electron chi connectivity index (χ2n) is 4.68. The Morgan fingerprint density at radius 1 is 1.50 bits per heavy atom. The summed E-state index contributed by atoms with van der Waals surface area (Å²) in [5.74, 6) is -0.258. The minimum absolute atomic E-state index is 0.258. The van der Waals surface area contributed by atoms with Gasteiger partial charge in [-0.05, 0) is 44.7 Å². The minimum Gasteiger partial charge on any atom is -0.334 e. The number of aromatic nitrogens is 1. The van der Waals surface area contributed by atoms with E-state index in [0.717, 1.165) is 12.8 Å². The third kappa shape index (κ3) is 2.62. The van der Waals surface area contributed by atoms with Crippen LogP contribution in [0.3, 0.4) is 0 Å². The Kier molecular flexibility index (Phi) is 3.53. The molecule has 0 saturated heterocycles. The van der Waals surface area contributed by atoms with Gasteiger partial charge in [0.05, 0.1) is 6.07 Å². The summed E-state index contributed by atoms with van der Waals surface area (Å²) in [5, 5.41) is 12.3. The van der Waals surface area contributed by atoms with E-state index in [1.165, 1.54) is 6.07 Å². The summed E-state index contributed by atoms with van der Waals surface area (Å²) in [5.41, 5.74) is 0.430. The molecular formula is C13H14ClN3O. The molecule has 1 aromatic rings. The molecule has 1 fully saturated rings. The lowest BCUT2D eigenvalue weighted by molar-refractivity contribution is 0.0920. The van der Waals surface area contributed by atoms with Gasteiger partial charge in [0.1, 0.15) is 10.7 Å². The molecule has 18 heavy (non-hydrogen) atoms. The first kappa shape index (κ1) is 12.8. The van der Waals surface area contributed by atoms with Crippen molar-refractivity contribution >= 4 is 17.5 Å². The van der Waals surface area contributed by atoms with E-state index in [1.54, 1.807) is 13.0 Å². The molecule has 1 heterocycles. The van der Waals surface area contributed by atoms with E-state index in [9.17, 15) is 10.1 Å². The van der Waals surface area contributed by atoms with Crippen LogP contribution >= 0.6 is 11.6 Å². The van der Waals surface area contributed by atoms with Gasteiger partial charge in [0.25, 0.3) is 5.91 Å². The molecule has 94 valence electrons. The maximum Gasteiger partial charge on any atom is 0.252 e. The van der Waals surface area contributed by atoms with Crippen LogP contribution in [0.5, 0.6) is 0 Å². The molecule has 2 rings (SSSR count). The predicted octanol–water partition coefficient (Wildman–Crippen LogP) is 2.61. The molecule has 5 heteroatoms. The van der Waals surface area contributed by atoms with E-state index in [4.69, 9.17) is 11.6 Å². The fraction of sp³-hybridized carbons (Fsp3) is 0.462. The van der Waals surface area contributed by atoms with Gasteiger partial charge >= 0.3 is 0 Å². The molecule has 4 nitrogen and oxygen atoms in total. The van der Waals surface area contributed by atoms with Gasteiger partial charge in [0.15, 0.2) is 0 Å². The zero-order valence-electron chi connectivity index (χ0n) is 10.2. The molecule has 0 radical (unpaired) electrons. The minimum atomic E-state index is -0.708. The van der Waals surface area contributed by atoms with Gasteiger partial charge < -0.3 is 5.32 Å². The van der Waals surface area contributed by atoms with Crippen molar-refractivity contribution in [1.82, 2.24) is 10.3 Å². The molecular weight excluding hydrogens is 250 g/mol. The SMILES string of the molecule is Cc1cc(C(=O)NC2(C#N)CCCC2)cc(Cl)n1. The van der Waals surface area contributed by atoms with Crippen LogP contribution in [0.15, 0.2) is 12.1 Å². The third-order valence-electron chi connectivity index (χ3n) is 3.21. The number of aryl methyl sites for hydroxylation is 1. The lowest BCUT2D eigenvalue weighted by Crippen LogP contribution is -2.45. The van der Waals surface area contributed by atoms with E-state index in [-0.39, 0.29) is 11.1 Å². The van der Waals surface area contributed by atoms with Crippen LogP contribution in [0.4, 0.5) is 0 Å². The van der Waals surface area contributed by atoms with Crippen LogP contribution in [0, 0.1) is 18.3 Å². The van der Waals surface area contributed by atoms with Crippen molar-refractivity contribution in [1.29, 1.82) is 5.26 Å². The van der Waals surface area contributed by atoms with Crippen molar-refractivity contribution in [2.45, 2.75) is 38.1 Å². The molecule has 1 N–H and O–H groups in total. The summed E-state index contributed by atoms with van der Waals surface area (Å²) < 4.78 is 0. The first-order valence-electron chi connectivity index (χ1n) is 5.93. The number of amides is 1. The number of hydrogen-bond donors (Lipinski definition) is 1. The van der Waals surface area contributed by atoms with Gasteiger partial charge in [-0.15, -0.1) is 0 Å². The van der Waals surface area contributed by atoms with Crippen LogP contribution in [-0.2, 0) is 0 Å². The lowest BCUT2D eigenvalue weighted by Gasteiger charge is -2.22. The molecule has 0 aliphatic heterocycles. The second-order valence-corrected chi connectivity index (χ2v) is 5.06. The average Bonchev–Trinajstić information content (AvgIpc) is 2.77. The smallest absolute Gasteiger partial charge is 0.252 e. The summed E-state index contributed by atoms with van der Waals surface area (Å²) in [4.78, 5) is 16.1. The number of nitrogens with one attached hydrogen (secondary N) is 1. The largest absolute Gasteiger partial charge is 0.334 e. The molecule has 0 atom stereocenters. The van der Waals surface area contributed by atoms with Gasteiger partial charge in [-0.3, -0.25) is 4.79 Å². The zero-order valence-corrected chi connectivity index (χ0v) is 10.9. The highest BCUT2D eigenvalue weighted by atomic mass is 35.5. The molecule has 1 aliphatic carbocycles. The Labute approximate surface area is 111 Å². The zero-order chi connectivity index (χ0) is 13.2. The van der Waals surface area contributed by atoms with Gasteiger partial charge in [-0.1, -0.05) is 11.6 Å². The highest BCUT2D eigenvalue weighted by molar-refractivity contribution is 6.29. The van der Waals surface area contributed by atoms with E-state index >= 15 is 0 Å². The van der Waals surface area contributed by atoms with Crippen molar-refractivity contribution in [3.05, 3.63) is 28.5 Å². The molecule has 0 bridgehead atoms. The normalized spacial score (nSPS) is 17.2.